The molecule has 0 aromatic heterocycles. The summed E-state index contributed by atoms with van der Waals surface area (Å²) in [5.41, 5.74) is 0. The van der Waals surface area contributed by atoms with Gasteiger partial charge in [-0.3, -0.25) is 0 Å². The molecule has 190 valence electrons. The first-order chi connectivity index (χ1) is 15.8. The molecule has 0 radical (unpaired) electrons. The molecule has 0 aromatic rings. The van der Waals surface area contributed by atoms with Crippen LogP contribution in [0, 0.1) is 0 Å². The van der Waals surface area contributed by atoms with Gasteiger partial charge < -0.3 is 9.80 Å². The molecule has 0 bridgehead atoms. The molecule has 0 fully saturated rings. The Kier molecular flexibility index (Phi) is 20.3. The van der Waals surface area contributed by atoms with Crippen LogP contribution in [0.4, 0.5) is 0 Å². The Morgan fingerprint density at radius 3 is 1.19 bits per heavy atom. The number of hydrogen-bond acceptors (Lipinski definition) is 2. The minimum absolute atomic E-state index is 0.644. The normalized spacial score (nSPS) is 15.9. The van der Waals surface area contributed by atoms with Crippen LogP contribution in [-0.2, 0) is 0 Å². The summed E-state index contributed by atoms with van der Waals surface area (Å²) < 4.78 is 0. The zero-order chi connectivity index (χ0) is 23.1. The first-order valence-electron chi connectivity index (χ1n) is 15.0. The van der Waals surface area contributed by atoms with E-state index in [-0.39, 0.29) is 0 Å². The predicted octanol–water partition coefficient (Wildman–Crippen LogP) is 10.0. The van der Waals surface area contributed by atoms with Crippen LogP contribution in [0.15, 0.2) is 12.4 Å². The van der Waals surface area contributed by atoms with Crippen LogP contribution in [0.25, 0.3) is 0 Å². The van der Waals surface area contributed by atoms with Gasteiger partial charge in [-0.15, -0.1) is 0 Å². The SMILES string of the molecule is CCCCCCCCCCCCCCCCCCC1N(CCCC)C=CN1CCCCC. The molecule has 0 saturated carbocycles. The van der Waals surface area contributed by atoms with Gasteiger partial charge in [0.1, 0.15) is 6.17 Å². The third-order valence-electron chi connectivity index (χ3n) is 7.32. The van der Waals surface area contributed by atoms with E-state index in [1.807, 2.05) is 0 Å². The third-order valence-corrected chi connectivity index (χ3v) is 7.32. The fraction of sp³-hybridized carbons (Fsp3) is 0.933. The van der Waals surface area contributed by atoms with Crippen LogP contribution in [-0.4, -0.2) is 29.1 Å². The van der Waals surface area contributed by atoms with E-state index in [0.717, 1.165) is 0 Å². The van der Waals surface area contributed by atoms with E-state index in [1.54, 1.807) is 0 Å². The largest absolute Gasteiger partial charge is 0.356 e. The average molecular weight is 449 g/mol. The van der Waals surface area contributed by atoms with Gasteiger partial charge in [-0.05, 0) is 25.7 Å². The first kappa shape index (κ1) is 29.4. The van der Waals surface area contributed by atoms with Gasteiger partial charge in [0.2, 0.25) is 0 Å². The molecule has 1 aliphatic heterocycles. The quantitative estimate of drug-likeness (QED) is 0.135. The van der Waals surface area contributed by atoms with Crippen molar-refractivity contribution in [1.82, 2.24) is 9.80 Å². The second kappa shape index (κ2) is 22.1. The van der Waals surface area contributed by atoms with Crippen LogP contribution in [0.5, 0.6) is 0 Å². The summed E-state index contributed by atoms with van der Waals surface area (Å²) in [7, 11) is 0. The number of nitrogens with zero attached hydrogens (tertiary/aromatic N) is 2. The van der Waals surface area contributed by atoms with Gasteiger partial charge in [0.05, 0.1) is 0 Å². The lowest BCUT2D eigenvalue weighted by Gasteiger charge is -2.33. The highest BCUT2D eigenvalue weighted by Crippen LogP contribution is 2.23. The molecule has 1 heterocycles. The van der Waals surface area contributed by atoms with Crippen molar-refractivity contribution in [3.05, 3.63) is 12.4 Å². The van der Waals surface area contributed by atoms with Crippen molar-refractivity contribution in [2.75, 3.05) is 13.1 Å². The van der Waals surface area contributed by atoms with E-state index in [9.17, 15) is 0 Å². The second-order valence-corrected chi connectivity index (χ2v) is 10.4. The van der Waals surface area contributed by atoms with Gasteiger partial charge in [-0.1, -0.05) is 136 Å². The second-order valence-electron chi connectivity index (χ2n) is 10.4. The third kappa shape index (κ3) is 15.2. The van der Waals surface area contributed by atoms with Crippen LogP contribution in [0.1, 0.15) is 162 Å². The molecule has 1 atom stereocenters. The Morgan fingerprint density at radius 2 is 0.750 bits per heavy atom. The molecule has 0 N–H and O–H groups in total. The molecule has 0 spiro atoms. The summed E-state index contributed by atoms with van der Waals surface area (Å²) in [6.45, 7) is 9.40. The molecule has 2 heteroatoms. The highest BCUT2D eigenvalue weighted by Gasteiger charge is 2.24. The summed E-state index contributed by atoms with van der Waals surface area (Å²) in [5, 5.41) is 0. The van der Waals surface area contributed by atoms with E-state index in [4.69, 9.17) is 0 Å². The Morgan fingerprint density at radius 1 is 0.406 bits per heavy atom. The molecular formula is C30H60N2. The minimum atomic E-state index is 0.644. The zero-order valence-corrected chi connectivity index (χ0v) is 22.6. The Bertz CT molecular complexity index is 406. The minimum Gasteiger partial charge on any atom is -0.356 e. The van der Waals surface area contributed by atoms with Crippen LogP contribution in [0.2, 0.25) is 0 Å². The van der Waals surface area contributed by atoms with Gasteiger partial charge in [0.25, 0.3) is 0 Å². The van der Waals surface area contributed by atoms with Crippen molar-refractivity contribution in [2.45, 2.75) is 168 Å². The molecule has 0 saturated heterocycles. The molecule has 1 rings (SSSR count). The Labute approximate surface area is 203 Å². The van der Waals surface area contributed by atoms with Gasteiger partial charge in [-0.25, -0.2) is 0 Å². The lowest BCUT2D eigenvalue weighted by Crippen LogP contribution is -2.39. The summed E-state index contributed by atoms with van der Waals surface area (Å²) in [6.07, 6.45) is 36.7. The van der Waals surface area contributed by atoms with Gasteiger partial charge >= 0.3 is 0 Å². The monoisotopic (exact) mass is 448 g/mol. The molecule has 0 aromatic carbocycles. The summed E-state index contributed by atoms with van der Waals surface area (Å²) in [5.74, 6) is 0. The summed E-state index contributed by atoms with van der Waals surface area (Å²) in [4.78, 5) is 5.26. The summed E-state index contributed by atoms with van der Waals surface area (Å²) in [6, 6.07) is 0. The maximum Gasteiger partial charge on any atom is 0.101 e. The van der Waals surface area contributed by atoms with E-state index in [2.05, 4.69) is 43.0 Å². The molecule has 32 heavy (non-hydrogen) atoms. The summed E-state index contributed by atoms with van der Waals surface area (Å²) >= 11 is 0. The first-order valence-corrected chi connectivity index (χ1v) is 15.0. The lowest BCUT2D eigenvalue weighted by molar-refractivity contribution is 0.136. The zero-order valence-electron chi connectivity index (χ0n) is 22.6. The highest BCUT2D eigenvalue weighted by molar-refractivity contribution is 4.96. The molecular weight excluding hydrogens is 388 g/mol. The lowest BCUT2D eigenvalue weighted by atomic mass is 10.0. The van der Waals surface area contributed by atoms with E-state index >= 15 is 0 Å². The van der Waals surface area contributed by atoms with Crippen molar-refractivity contribution >= 4 is 0 Å². The van der Waals surface area contributed by atoms with E-state index in [0.29, 0.717) is 6.17 Å². The highest BCUT2D eigenvalue weighted by atomic mass is 15.4. The van der Waals surface area contributed by atoms with Crippen LogP contribution in [0.3, 0.4) is 0 Å². The number of rotatable bonds is 24. The van der Waals surface area contributed by atoms with Gasteiger partial charge in [-0.2, -0.15) is 0 Å². The van der Waals surface area contributed by atoms with Crippen LogP contribution < -0.4 is 0 Å². The molecule has 0 amide bonds. The van der Waals surface area contributed by atoms with Crippen molar-refractivity contribution in [2.24, 2.45) is 0 Å². The fourth-order valence-electron chi connectivity index (χ4n) is 5.10. The average Bonchev–Trinajstić information content (AvgIpc) is 3.19. The smallest absolute Gasteiger partial charge is 0.101 e. The molecule has 2 nitrogen and oxygen atoms in total. The molecule has 1 aliphatic rings. The Balaban J connectivity index is 1.97. The number of hydrogen-bond donors (Lipinski definition) is 0. The fourth-order valence-corrected chi connectivity index (χ4v) is 5.10. The van der Waals surface area contributed by atoms with Crippen molar-refractivity contribution in [1.29, 1.82) is 0 Å². The van der Waals surface area contributed by atoms with Crippen molar-refractivity contribution < 1.29 is 0 Å². The van der Waals surface area contributed by atoms with Crippen LogP contribution >= 0.6 is 0 Å². The van der Waals surface area contributed by atoms with E-state index in [1.165, 1.54) is 154 Å². The van der Waals surface area contributed by atoms with Crippen molar-refractivity contribution in [3.8, 4) is 0 Å². The maximum atomic E-state index is 2.64. The molecule has 1 unspecified atom stereocenters. The van der Waals surface area contributed by atoms with E-state index < -0.39 is 0 Å². The van der Waals surface area contributed by atoms with Gasteiger partial charge in [0, 0.05) is 25.5 Å². The van der Waals surface area contributed by atoms with Crippen molar-refractivity contribution in [3.63, 3.8) is 0 Å². The predicted molar refractivity (Wildman–Crippen MR) is 145 cm³/mol. The number of unbranched alkanes of at least 4 members (excludes halogenated alkanes) is 18. The standard InChI is InChI=1S/C30H60N2/c1-4-7-10-11-12-13-14-15-16-17-18-19-20-21-22-23-25-30-31(26-9-6-3)28-29-32(30)27-24-8-5-2/h28-30H,4-27H2,1-3H3. The Hall–Kier alpha value is -0.660. The topological polar surface area (TPSA) is 6.48 Å². The maximum absolute atomic E-state index is 2.64. The molecule has 0 aliphatic carbocycles. The van der Waals surface area contributed by atoms with Gasteiger partial charge in [0.15, 0.2) is 0 Å².